The predicted molar refractivity (Wildman–Crippen MR) is 163 cm³/mol. The van der Waals surface area contributed by atoms with Crippen LogP contribution in [0.3, 0.4) is 0 Å². The van der Waals surface area contributed by atoms with Crippen molar-refractivity contribution in [2.75, 3.05) is 0 Å². The fourth-order valence-electron chi connectivity index (χ4n) is 6.78. The summed E-state index contributed by atoms with van der Waals surface area (Å²) in [5.74, 6) is 0. The van der Waals surface area contributed by atoms with E-state index in [-0.39, 0.29) is 0 Å². The average molecular weight is 495 g/mol. The minimum Gasteiger partial charge on any atom is -0.309 e. The Kier molecular flexibility index (Phi) is 4.08. The lowest BCUT2D eigenvalue weighted by Gasteiger charge is -2.13. The molecule has 2 aromatic heterocycles. The first-order valence-electron chi connectivity index (χ1n) is 13.4. The number of benzene rings is 6. The number of pyridine rings is 1. The number of aromatic nitrogens is 2. The van der Waals surface area contributed by atoms with Crippen LogP contribution in [0.25, 0.3) is 82.4 Å². The van der Waals surface area contributed by atoms with Gasteiger partial charge in [-0.05, 0) is 79.9 Å². The third kappa shape index (κ3) is 2.78. The second kappa shape index (κ2) is 7.66. The first-order chi connectivity index (χ1) is 19.4. The standard InChI is InChI=1S/C37H22N2/c1-2-10-28-27(9-1)30-13-6-12-29-26(16-17-31(28)36(29)30)24-7-5-8-25(21-24)39-34-14-4-3-11-32(34)37-33-22-38-20-19-23(33)15-18-35(37)39/h1-22H. The number of rotatable bonds is 2. The molecule has 8 aromatic rings. The molecule has 9 rings (SSSR count). The summed E-state index contributed by atoms with van der Waals surface area (Å²) in [6.45, 7) is 0. The van der Waals surface area contributed by atoms with Crippen LogP contribution >= 0.6 is 0 Å². The molecule has 2 nitrogen and oxygen atoms in total. The van der Waals surface area contributed by atoms with E-state index in [1.165, 1.54) is 76.7 Å². The normalized spacial score (nSPS) is 12.1. The third-order valence-electron chi connectivity index (χ3n) is 8.42. The van der Waals surface area contributed by atoms with E-state index in [4.69, 9.17) is 0 Å². The van der Waals surface area contributed by atoms with Gasteiger partial charge in [0.05, 0.1) is 11.0 Å². The molecule has 39 heavy (non-hydrogen) atoms. The Hall–Kier alpha value is -5.21. The second-order valence-corrected chi connectivity index (χ2v) is 10.4. The number of hydrogen-bond acceptors (Lipinski definition) is 1. The highest BCUT2D eigenvalue weighted by atomic mass is 15.0. The van der Waals surface area contributed by atoms with Gasteiger partial charge in [0.2, 0.25) is 0 Å². The highest BCUT2D eigenvalue weighted by molar-refractivity contribution is 6.21. The van der Waals surface area contributed by atoms with E-state index in [0.29, 0.717) is 0 Å². The van der Waals surface area contributed by atoms with Gasteiger partial charge in [-0.1, -0.05) is 91.0 Å². The van der Waals surface area contributed by atoms with Gasteiger partial charge in [-0.3, -0.25) is 4.98 Å². The average Bonchev–Trinajstić information content (AvgIpc) is 3.52. The first kappa shape index (κ1) is 20.8. The molecule has 180 valence electrons. The lowest BCUT2D eigenvalue weighted by molar-refractivity contribution is 1.18. The highest BCUT2D eigenvalue weighted by Crippen LogP contribution is 2.49. The van der Waals surface area contributed by atoms with Crippen molar-refractivity contribution in [3.8, 4) is 39.1 Å². The Morgan fingerprint density at radius 3 is 2.13 bits per heavy atom. The molecule has 0 radical (unpaired) electrons. The molecular weight excluding hydrogens is 472 g/mol. The molecule has 0 saturated heterocycles. The van der Waals surface area contributed by atoms with Gasteiger partial charge >= 0.3 is 0 Å². The highest BCUT2D eigenvalue weighted by Gasteiger charge is 2.22. The van der Waals surface area contributed by atoms with Crippen LogP contribution in [0.15, 0.2) is 134 Å². The SMILES string of the molecule is c1cc(-c2ccc3c4c(cccc24)-c2ccccc2-3)cc(-n2c3ccccc3c3c4cnccc4ccc32)c1. The molecular formula is C37H22N2. The van der Waals surface area contributed by atoms with Crippen molar-refractivity contribution in [2.45, 2.75) is 0 Å². The summed E-state index contributed by atoms with van der Waals surface area (Å²) in [5, 5.41) is 7.57. The zero-order valence-corrected chi connectivity index (χ0v) is 21.1. The summed E-state index contributed by atoms with van der Waals surface area (Å²) in [4.78, 5) is 4.46. The van der Waals surface area contributed by atoms with Crippen LogP contribution in [0, 0.1) is 0 Å². The van der Waals surface area contributed by atoms with E-state index in [1.54, 1.807) is 0 Å². The van der Waals surface area contributed by atoms with Crippen LogP contribution in [-0.2, 0) is 0 Å². The zero-order chi connectivity index (χ0) is 25.5. The molecule has 0 N–H and O–H groups in total. The molecule has 0 unspecified atom stereocenters. The molecule has 0 atom stereocenters. The number of nitrogens with zero attached hydrogens (tertiary/aromatic N) is 2. The van der Waals surface area contributed by atoms with Crippen LogP contribution in [0.2, 0.25) is 0 Å². The summed E-state index contributed by atoms with van der Waals surface area (Å²) in [6.07, 6.45) is 3.86. The van der Waals surface area contributed by atoms with Crippen molar-refractivity contribution >= 4 is 43.4 Å². The summed E-state index contributed by atoms with van der Waals surface area (Å²) < 4.78 is 2.40. The Balaban J connectivity index is 1.31. The lowest BCUT2D eigenvalue weighted by Crippen LogP contribution is -1.94. The van der Waals surface area contributed by atoms with Crippen molar-refractivity contribution < 1.29 is 0 Å². The molecule has 2 heterocycles. The fourth-order valence-corrected chi connectivity index (χ4v) is 6.78. The molecule has 0 saturated carbocycles. The van der Waals surface area contributed by atoms with E-state index in [1.807, 2.05) is 12.4 Å². The molecule has 0 fully saturated rings. The largest absolute Gasteiger partial charge is 0.309 e. The molecule has 2 heteroatoms. The molecule has 0 bridgehead atoms. The summed E-state index contributed by atoms with van der Waals surface area (Å²) in [6, 6.07) is 44.3. The van der Waals surface area contributed by atoms with Crippen molar-refractivity contribution in [2.24, 2.45) is 0 Å². The van der Waals surface area contributed by atoms with Crippen molar-refractivity contribution in [1.29, 1.82) is 0 Å². The van der Waals surface area contributed by atoms with Gasteiger partial charge in [0.25, 0.3) is 0 Å². The number of hydrogen-bond donors (Lipinski definition) is 0. The van der Waals surface area contributed by atoms with Crippen LogP contribution in [0.1, 0.15) is 0 Å². The van der Waals surface area contributed by atoms with Gasteiger partial charge in [0.1, 0.15) is 0 Å². The van der Waals surface area contributed by atoms with Crippen LogP contribution in [-0.4, -0.2) is 9.55 Å². The van der Waals surface area contributed by atoms with Crippen molar-refractivity contribution in [3.05, 3.63) is 134 Å². The monoisotopic (exact) mass is 494 g/mol. The summed E-state index contributed by atoms with van der Waals surface area (Å²) >= 11 is 0. The van der Waals surface area contributed by atoms with Crippen LogP contribution in [0.5, 0.6) is 0 Å². The fraction of sp³-hybridized carbons (Fsp3) is 0. The smallest absolute Gasteiger partial charge is 0.0548 e. The van der Waals surface area contributed by atoms with Crippen LogP contribution < -0.4 is 0 Å². The van der Waals surface area contributed by atoms with E-state index in [0.717, 1.165) is 5.69 Å². The van der Waals surface area contributed by atoms with Gasteiger partial charge in [-0.2, -0.15) is 0 Å². The third-order valence-corrected chi connectivity index (χ3v) is 8.42. The molecule has 6 aromatic carbocycles. The zero-order valence-electron chi connectivity index (χ0n) is 21.1. The number of fused-ring (bicyclic) bond motifs is 8. The second-order valence-electron chi connectivity index (χ2n) is 10.4. The van der Waals surface area contributed by atoms with E-state index >= 15 is 0 Å². The van der Waals surface area contributed by atoms with Crippen molar-refractivity contribution in [3.63, 3.8) is 0 Å². The number of para-hydroxylation sites is 1. The first-order valence-corrected chi connectivity index (χ1v) is 13.4. The Labute approximate surface area is 225 Å². The quantitative estimate of drug-likeness (QED) is 0.234. The Morgan fingerprint density at radius 2 is 1.21 bits per heavy atom. The van der Waals surface area contributed by atoms with Crippen molar-refractivity contribution in [1.82, 2.24) is 9.55 Å². The summed E-state index contributed by atoms with van der Waals surface area (Å²) in [5.41, 5.74) is 11.4. The summed E-state index contributed by atoms with van der Waals surface area (Å²) in [7, 11) is 0. The van der Waals surface area contributed by atoms with Gasteiger partial charge in [-0.15, -0.1) is 0 Å². The van der Waals surface area contributed by atoms with Gasteiger partial charge in [-0.25, -0.2) is 0 Å². The van der Waals surface area contributed by atoms with Gasteiger partial charge in [0, 0.05) is 34.2 Å². The van der Waals surface area contributed by atoms with Crippen LogP contribution in [0.4, 0.5) is 0 Å². The van der Waals surface area contributed by atoms with Gasteiger partial charge in [0.15, 0.2) is 0 Å². The maximum Gasteiger partial charge on any atom is 0.0548 e. The molecule has 0 aliphatic heterocycles. The maximum absolute atomic E-state index is 4.46. The topological polar surface area (TPSA) is 17.8 Å². The van der Waals surface area contributed by atoms with E-state index in [9.17, 15) is 0 Å². The molecule has 0 spiro atoms. The molecule has 0 amide bonds. The molecule has 1 aliphatic rings. The maximum atomic E-state index is 4.46. The predicted octanol–water partition coefficient (Wildman–Crippen LogP) is 9.80. The molecule has 1 aliphatic carbocycles. The van der Waals surface area contributed by atoms with E-state index < -0.39 is 0 Å². The minimum atomic E-state index is 1.16. The Bertz CT molecular complexity index is 2260. The lowest BCUT2D eigenvalue weighted by atomic mass is 9.94. The Morgan fingerprint density at radius 1 is 0.462 bits per heavy atom. The van der Waals surface area contributed by atoms with Gasteiger partial charge < -0.3 is 4.57 Å². The minimum absolute atomic E-state index is 1.16. The van der Waals surface area contributed by atoms with E-state index in [2.05, 4.69) is 131 Å².